The zero-order valence-corrected chi connectivity index (χ0v) is 21.6. The van der Waals surface area contributed by atoms with Gasteiger partial charge >= 0.3 is 0 Å². The number of nitrogens with one attached hydrogen (secondary N) is 2. The van der Waals surface area contributed by atoms with Crippen molar-refractivity contribution in [3.63, 3.8) is 0 Å². The molecule has 0 amide bonds. The normalized spacial score (nSPS) is 16.7. The molecule has 2 heterocycles. The smallest absolute Gasteiger partial charge is 0.250 e. The Labute approximate surface area is 212 Å². The van der Waals surface area contributed by atoms with E-state index in [0.29, 0.717) is 13.1 Å². The van der Waals surface area contributed by atoms with Crippen LogP contribution in [-0.4, -0.2) is 23.2 Å². The van der Waals surface area contributed by atoms with Gasteiger partial charge in [-0.25, -0.2) is 0 Å². The van der Waals surface area contributed by atoms with Crippen molar-refractivity contribution in [2.75, 3.05) is 7.05 Å². The molecule has 33 heavy (non-hydrogen) atoms. The number of halogens is 1. The Morgan fingerprint density at radius 1 is 1.06 bits per heavy atom. The average Bonchev–Trinajstić information content (AvgIpc) is 2.78. The highest BCUT2D eigenvalue weighted by atomic mass is 127. The molecule has 3 aromatic rings. The van der Waals surface area contributed by atoms with Gasteiger partial charge in [-0.3, -0.25) is 9.79 Å². The topological polar surface area (TPSA) is 67.7 Å². The van der Waals surface area contributed by atoms with Crippen LogP contribution < -0.4 is 20.9 Å². The minimum absolute atomic E-state index is 0. The van der Waals surface area contributed by atoms with Gasteiger partial charge in [0.05, 0.1) is 12.6 Å². The molecule has 7 heteroatoms. The Balaban J connectivity index is 0.00000306. The quantitative estimate of drug-likeness (QED) is 0.276. The van der Waals surface area contributed by atoms with Crippen LogP contribution in [0.1, 0.15) is 43.0 Å². The first-order chi connectivity index (χ1) is 15.4. The highest BCUT2D eigenvalue weighted by molar-refractivity contribution is 14.0. The number of hydrogen-bond acceptors (Lipinski definition) is 3. The van der Waals surface area contributed by atoms with Crippen LogP contribution in [0.4, 0.5) is 0 Å². The second-order valence-electron chi connectivity index (χ2n) is 8.71. The summed E-state index contributed by atoms with van der Waals surface area (Å²) >= 11 is 0. The summed E-state index contributed by atoms with van der Waals surface area (Å²) in [5.41, 5.74) is 3.14. The Morgan fingerprint density at radius 3 is 2.48 bits per heavy atom. The van der Waals surface area contributed by atoms with Crippen molar-refractivity contribution >= 4 is 29.9 Å². The number of aliphatic imine (C=N–C) groups is 1. The highest BCUT2D eigenvalue weighted by Gasteiger charge is 2.33. The van der Waals surface area contributed by atoms with Crippen molar-refractivity contribution in [1.29, 1.82) is 0 Å². The molecule has 0 bridgehead atoms. The number of guanidine groups is 1. The lowest BCUT2D eigenvalue weighted by Gasteiger charge is -2.38. The SMILES string of the molecule is CN=C(NCc1ccc(Cn2ccccc2=O)cc1)NC1CC(C)(C)Oc2ccccc21.I. The minimum atomic E-state index is -0.249. The van der Waals surface area contributed by atoms with E-state index in [1.165, 1.54) is 0 Å². The van der Waals surface area contributed by atoms with E-state index in [9.17, 15) is 4.79 Å². The molecule has 174 valence electrons. The Kier molecular flexibility index (Phi) is 8.18. The zero-order valence-electron chi connectivity index (χ0n) is 19.2. The van der Waals surface area contributed by atoms with E-state index in [4.69, 9.17) is 4.74 Å². The van der Waals surface area contributed by atoms with E-state index in [0.717, 1.165) is 34.8 Å². The maximum Gasteiger partial charge on any atom is 0.250 e. The summed E-state index contributed by atoms with van der Waals surface area (Å²) in [6.45, 7) is 5.44. The lowest BCUT2D eigenvalue weighted by Crippen LogP contribution is -2.45. The molecule has 0 aliphatic carbocycles. The fourth-order valence-corrected chi connectivity index (χ4v) is 4.03. The van der Waals surface area contributed by atoms with Crippen LogP contribution in [0.5, 0.6) is 5.75 Å². The predicted molar refractivity (Wildman–Crippen MR) is 144 cm³/mol. The first-order valence-electron chi connectivity index (χ1n) is 10.9. The van der Waals surface area contributed by atoms with Gasteiger partial charge in [0.2, 0.25) is 0 Å². The maximum atomic E-state index is 11.9. The predicted octanol–water partition coefficient (Wildman–Crippen LogP) is 4.48. The van der Waals surface area contributed by atoms with Crippen molar-refractivity contribution in [3.05, 3.63) is 100.0 Å². The largest absolute Gasteiger partial charge is 0.487 e. The second-order valence-corrected chi connectivity index (χ2v) is 8.71. The Morgan fingerprint density at radius 2 is 1.76 bits per heavy atom. The third kappa shape index (κ3) is 6.37. The second kappa shape index (κ2) is 10.9. The molecule has 4 rings (SSSR count). The molecule has 6 nitrogen and oxygen atoms in total. The maximum absolute atomic E-state index is 11.9. The number of hydrogen-bond donors (Lipinski definition) is 2. The summed E-state index contributed by atoms with van der Waals surface area (Å²) in [6, 6.07) is 21.8. The van der Waals surface area contributed by atoms with Crippen LogP contribution >= 0.6 is 24.0 Å². The molecule has 1 aliphatic rings. The number of para-hydroxylation sites is 1. The molecule has 1 aliphatic heterocycles. The molecule has 1 aromatic heterocycles. The Hall–Kier alpha value is -2.81. The van der Waals surface area contributed by atoms with Gasteiger partial charge in [-0.1, -0.05) is 48.5 Å². The van der Waals surface area contributed by atoms with Gasteiger partial charge in [0.1, 0.15) is 11.4 Å². The number of benzene rings is 2. The van der Waals surface area contributed by atoms with Gasteiger partial charge in [-0.15, -0.1) is 24.0 Å². The summed E-state index contributed by atoms with van der Waals surface area (Å²) in [7, 11) is 1.78. The van der Waals surface area contributed by atoms with Crippen LogP contribution in [0.15, 0.2) is 82.7 Å². The van der Waals surface area contributed by atoms with Gasteiger partial charge in [-0.2, -0.15) is 0 Å². The van der Waals surface area contributed by atoms with Gasteiger partial charge in [0, 0.05) is 37.8 Å². The lowest BCUT2D eigenvalue weighted by molar-refractivity contribution is 0.0694. The van der Waals surface area contributed by atoms with E-state index in [1.54, 1.807) is 23.7 Å². The fraction of sp³-hybridized carbons (Fsp3) is 0.308. The first-order valence-corrected chi connectivity index (χ1v) is 10.9. The average molecular weight is 558 g/mol. The number of rotatable bonds is 5. The van der Waals surface area contributed by atoms with Crippen molar-refractivity contribution < 1.29 is 4.74 Å². The minimum Gasteiger partial charge on any atom is -0.487 e. The summed E-state index contributed by atoms with van der Waals surface area (Å²) in [5.74, 6) is 1.67. The molecule has 1 unspecified atom stereocenters. The van der Waals surface area contributed by atoms with Crippen LogP contribution in [0.25, 0.3) is 0 Å². The molecule has 1 atom stereocenters. The van der Waals surface area contributed by atoms with E-state index >= 15 is 0 Å². The van der Waals surface area contributed by atoms with E-state index < -0.39 is 0 Å². The highest BCUT2D eigenvalue weighted by Crippen LogP contribution is 2.39. The van der Waals surface area contributed by atoms with Crippen LogP contribution in [0.2, 0.25) is 0 Å². The summed E-state index contributed by atoms with van der Waals surface area (Å²) in [4.78, 5) is 16.3. The third-order valence-electron chi connectivity index (χ3n) is 5.65. The van der Waals surface area contributed by atoms with Crippen molar-refractivity contribution in [3.8, 4) is 5.75 Å². The van der Waals surface area contributed by atoms with Gasteiger partial charge in [-0.05, 0) is 37.1 Å². The standard InChI is InChI=1S/C26H30N4O2.HI/c1-26(2)16-22(21-8-4-5-9-23(21)32-26)29-25(27-3)28-17-19-11-13-20(14-12-19)18-30-15-7-6-10-24(30)31;/h4-15,22H,16-18H2,1-3H3,(H2,27,28,29);1H. The monoisotopic (exact) mass is 558 g/mol. The zero-order chi connectivity index (χ0) is 22.6. The number of aromatic nitrogens is 1. The molecular weight excluding hydrogens is 527 g/mol. The molecule has 0 radical (unpaired) electrons. The molecule has 2 aromatic carbocycles. The van der Waals surface area contributed by atoms with Crippen molar-refractivity contribution in [2.45, 2.75) is 45.0 Å². The summed E-state index contributed by atoms with van der Waals surface area (Å²) in [6.07, 6.45) is 2.65. The number of fused-ring (bicyclic) bond motifs is 1. The van der Waals surface area contributed by atoms with E-state index in [-0.39, 0.29) is 41.2 Å². The fourth-order valence-electron chi connectivity index (χ4n) is 4.03. The molecule has 2 N–H and O–H groups in total. The van der Waals surface area contributed by atoms with Crippen LogP contribution in [0, 0.1) is 0 Å². The van der Waals surface area contributed by atoms with Gasteiger partial charge in [0.25, 0.3) is 5.56 Å². The van der Waals surface area contributed by atoms with Gasteiger partial charge in [0.15, 0.2) is 5.96 Å². The Bertz CT molecular complexity index is 1160. The summed E-state index contributed by atoms with van der Waals surface area (Å²) < 4.78 is 7.83. The van der Waals surface area contributed by atoms with Crippen molar-refractivity contribution in [1.82, 2.24) is 15.2 Å². The van der Waals surface area contributed by atoms with Crippen LogP contribution in [-0.2, 0) is 13.1 Å². The third-order valence-corrected chi connectivity index (χ3v) is 5.65. The van der Waals surface area contributed by atoms with Crippen LogP contribution in [0.3, 0.4) is 0 Å². The molecule has 0 fully saturated rings. The first kappa shape index (κ1) is 24.8. The van der Waals surface area contributed by atoms with E-state index in [1.807, 2.05) is 30.5 Å². The number of pyridine rings is 1. The number of nitrogens with zero attached hydrogens (tertiary/aromatic N) is 2. The lowest BCUT2D eigenvalue weighted by atomic mass is 9.90. The molecule has 0 spiro atoms. The summed E-state index contributed by atoms with van der Waals surface area (Å²) in [5, 5.41) is 6.97. The molecular formula is C26H31IN4O2. The van der Waals surface area contributed by atoms with Gasteiger partial charge < -0.3 is 19.9 Å². The van der Waals surface area contributed by atoms with E-state index in [2.05, 4.69) is 59.8 Å². The molecule has 0 saturated carbocycles. The molecule has 0 saturated heterocycles. The number of ether oxygens (including phenoxy) is 1. The van der Waals surface area contributed by atoms with Crippen molar-refractivity contribution in [2.24, 2.45) is 4.99 Å².